The number of guanidine groups is 1. The zero-order valence-corrected chi connectivity index (χ0v) is 19.7. The quantitative estimate of drug-likeness (QED) is 0.357. The van der Waals surface area contributed by atoms with Crippen molar-refractivity contribution in [3.8, 4) is 0 Å². The van der Waals surface area contributed by atoms with Crippen molar-refractivity contribution in [1.82, 2.24) is 20.5 Å². The third-order valence-electron chi connectivity index (χ3n) is 6.10. The van der Waals surface area contributed by atoms with Gasteiger partial charge in [-0.15, -0.1) is 24.0 Å². The fraction of sp³-hybridized carbons (Fsp3) is 0.714. The molecule has 0 amide bonds. The molecule has 28 heavy (non-hydrogen) atoms. The molecule has 2 fully saturated rings. The van der Waals surface area contributed by atoms with Crippen molar-refractivity contribution in [1.29, 1.82) is 0 Å². The smallest absolute Gasteiger partial charge is 0.191 e. The van der Waals surface area contributed by atoms with Gasteiger partial charge in [0.1, 0.15) is 0 Å². The van der Waals surface area contributed by atoms with Gasteiger partial charge in [0.05, 0.1) is 13.2 Å². The van der Waals surface area contributed by atoms with Crippen molar-refractivity contribution in [3.63, 3.8) is 0 Å². The third-order valence-corrected chi connectivity index (χ3v) is 6.10. The van der Waals surface area contributed by atoms with Gasteiger partial charge in [-0.1, -0.05) is 19.3 Å². The number of hydrogen-bond donors (Lipinski definition) is 2. The highest BCUT2D eigenvalue weighted by Gasteiger charge is 2.38. The lowest BCUT2D eigenvalue weighted by Crippen LogP contribution is -2.60. The summed E-state index contributed by atoms with van der Waals surface area (Å²) in [5, 5.41) is 7.10. The van der Waals surface area contributed by atoms with Gasteiger partial charge in [-0.3, -0.25) is 14.9 Å². The average Bonchev–Trinajstić information content (AvgIpc) is 2.73. The maximum atomic E-state index is 5.58. The van der Waals surface area contributed by atoms with E-state index in [0.717, 1.165) is 51.8 Å². The Morgan fingerprint density at radius 3 is 2.64 bits per heavy atom. The minimum atomic E-state index is 0. The van der Waals surface area contributed by atoms with Crippen molar-refractivity contribution in [3.05, 3.63) is 29.6 Å². The van der Waals surface area contributed by atoms with Crippen molar-refractivity contribution in [2.45, 2.75) is 51.0 Å². The monoisotopic (exact) mass is 501 g/mol. The lowest BCUT2D eigenvalue weighted by Gasteiger charge is -2.48. The first-order valence-corrected chi connectivity index (χ1v) is 10.4. The van der Waals surface area contributed by atoms with Gasteiger partial charge in [-0.25, -0.2) is 0 Å². The molecule has 1 aliphatic heterocycles. The summed E-state index contributed by atoms with van der Waals surface area (Å²) < 4.78 is 5.58. The van der Waals surface area contributed by atoms with E-state index in [0.29, 0.717) is 0 Å². The highest BCUT2D eigenvalue weighted by Crippen LogP contribution is 2.33. The Morgan fingerprint density at radius 2 is 1.96 bits per heavy atom. The van der Waals surface area contributed by atoms with Gasteiger partial charge in [0.25, 0.3) is 0 Å². The number of nitrogens with one attached hydrogen (secondary N) is 2. The summed E-state index contributed by atoms with van der Waals surface area (Å²) in [4.78, 5) is 11.3. The number of hydrogen-bond acceptors (Lipinski definition) is 4. The van der Waals surface area contributed by atoms with E-state index in [1.165, 1.54) is 43.2 Å². The van der Waals surface area contributed by atoms with Crippen LogP contribution in [-0.2, 0) is 11.2 Å². The Morgan fingerprint density at radius 1 is 1.21 bits per heavy atom. The van der Waals surface area contributed by atoms with Crippen molar-refractivity contribution < 1.29 is 4.74 Å². The first-order valence-electron chi connectivity index (χ1n) is 10.4. The number of morpholine rings is 1. The molecule has 1 aliphatic carbocycles. The van der Waals surface area contributed by atoms with Crippen LogP contribution in [0.1, 0.15) is 43.2 Å². The molecule has 0 bridgehead atoms. The van der Waals surface area contributed by atoms with Crippen LogP contribution >= 0.6 is 24.0 Å². The second kappa shape index (κ2) is 11.9. The molecule has 2 N–H and O–H groups in total. The Kier molecular flexibility index (Phi) is 9.94. The molecule has 2 heterocycles. The van der Waals surface area contributed by atoms with Gasteiger partial charge >= 0.3 is 0 Å². The van der Waals surface area contributed by atoms with Gasteiger partial charge < -0.3 is 15.4 Å². The molecular weight excluding hydrogens is 465 g/mol. The van der Waals surface area contributed by atoms with Crippen LogP contribution in [0.3, 0.4) is 0 Å². The van der Waals surface area contributed by atoms with E-state index in [2.05, 4.69) is 38.5 Å². The molecular formula is C21H36IN5O. The van der Waals surface area contributed by atoms with E-state index in [-0.39, 0.29) is 29.5 Å². The Balaban J connectivity index is 0.00000280. The van der Waals surface area contributed by atoms with Gasteiger partial charge in [-0.2, -0.15) is 0 Å². The van der Waals surface area contributed by atoms with E-state index in [9.17, 15) is 0 Å². The zero-order chi connectivity index (χ0) is 19.0. The van der Waals surface area contributed by atoms with Crippen molar-refractivity contribution in [2.24, 2.45) is 4.99 Å². The van der Waals surface area contributed by atoms with E-state index in [1.54, 1.807) is 0 Å². The molecule has 0 aromatic carbocycles. The van der Waals surface area contributed by atoms with E-state index in [4.69, 9.17) is 4.74 Å². The molecule has 158 valence electrons. The number of aliphatic imine (C=N–C) groups is 1. The molecule has 6 nitrogen and oxygen atoms in total. The maximum Gasteiger partial charge on any atom is 0.191 e. The predicted molar refractivity (Wildman–Crippen MR) is 126 cm³/mol. The summed E-state index contributed by atoms with van der Waals surface area (Å²) in [6, 6.07) is 2.10. The molecule has 0 radical (unpaired) electrons. The first kappa shape index (κ1) is 23.3. The second-order valence-electron chi connectivity index (χ2n) is 7.79. The van der Waals surface area contributed by atoms with Crippen LogP contribution < -0.4 is 10.6 Å². The maximum absolute atomic E-state index is 5.58. The summed E-state index contributed by atoms with van der Waals surface area (Å²) >= 11 is 0. The SMILES string of the molecule is CN=C(NCCc1ccncc1C)NCC1(N2CCOCC2)CCCCC1.I. The average molecular weight is 501 g/mol. The van der Waals surface area contributed by atoms with Crippen LogP contribution in [0.25, 0.3) is 0 Å². The number of rotatable bonds is 6. The largest absolute Gasteiger partial charge is 0.379 e. The van der Waals surface area contributed by atoms with Crippen LogP contribution in [0.15, 0.2) is 23.5 Å². The lowest BCUT2D eigenvalue weighted by molar-refractivity contribution is -0.0352. The Hall–Kier alpha value is -0.930. The molecule has 1 saturated heterocycles. The van der Waals surface area contributed by atoms with Crippen LogP contribution in [0.5, 0.6) is 0 Å². The molecule has 1 saturated carbocycles. The van der Waals surface area contributed by atoms with Crippen LogP contribution in [0.4, 0.5) is 0 Å². The van der Waals surface area contributed by atoms with E-state index in [1.807, 2.05) is 19.4 Å². The Labute approximate surface area is 186 Å². The number of ether oxygens (including phenoxy) is 1. The molecule has 3 rings (SSSR count). The number of aryl methyl sites for hydroxylation is 1. The molecule has 7 heteroatoms. The van der Waals surface area contributed by atoms with Gasteiger partial charge in [0, 0.05) is 51.2 Å². The Bertz CT molecular complexity index is 613. The van der Waals surface area contributed by atoms with Gasteiger partial charge in [-0.05, 0) is 43.4 Å². The normalized spacial score (nSPS) is 20.3. The second-order valence-corrected chi connectivity index (χ2v) is 7.79. The highest BCUT2D eigenvalue weighted by molar-refractivity contribution is 14.0. The van der Waals surface area contributed by atoms with Crippen LogP contribution in [0, 0.1) is 6.92 Å². The summed E-state index contributed by atoms with van der Waals surface area (Å²) in [6.45, 7) is 7.77. The first-order chi connectivity index (χ1) is 13.2. The minimum Gasteiger partial charge on any atom is -0.379 e. The van der Waals surface area contributed by atoms with Gasteiger partial charge in [0.15, 0.2) is 5.96 Å². The number of nitrogens with zero attached hydrogens (tertiary/aromatic N) is 3. The summed E-state index contributed by atoms with van der Waals surface area (Å²) in [7, 11) is 1.86. The number of pyridine rings is 1. The number of aromatic nitrogens is 1. The summed E-state index contributed by atoms with van der Waals surface area (Å²) in [6.07, 6.45) is 11.3. The highest BCUT2D eigenvalue weighted by atomic mass is 127. The lowest BCUT2D eigenvalue weighted by atomic mass is 9.80. The van der Waals surface area contributed by atoms with Crippen LogP contribution in [-0.4, -0.2) is 67.8 Å². The van der Waals surface area contributed by atoms with E-state index >= 15 is 0 Å². The van der Waals surface area contributed by atoms with Crippen LogP contribution in [0.2, 0.25) is 0 Å². The zero-order valence-electron chi connectivity index (χ0n) is 17.4. The molecule has 1 aromatic heterocycles. The molecule has 0 atom stereocenters. The number of halogens is 1. The van der Waals surface area contributed by atoms with Gasteiger partial charge in [0.2, 0.25) is 0 Å². The molecule has 2 aliphatic rings. The fourth-order valence-electron chi connectivity index (χ4n) is 4.42. The summed E-state index contributed by atoms with van der Waals surface area (Å²) in [5.74, 6) is 0.903. The minimum absolute atomic E-state index is 0. The standard InChI is InChI=1S/C21H35N5O.HI/c1-18-16-23-10-6-19(18)7-11-24-20(22-2)25-17-21(8-4-3-5-9-21)26-12-14-27-15-13-26;/h6,10,16H,3-5,7-9,11-15,17H2,1-2H3,(H2,22,24,25);1H. The van der Waals surface area contributed by atoms with Crippen molar-refractivity contribution in [2.75, 3.05) is 46.4 Å². The molecule has 1 aromatic rings. The topological polar surface area (TPSA) is 61.8 Å². The van der Waals surface area contributed by atoms with Crippen molar-refractivity contribution >= 4 is 29.9 Å². The molecule has 0 spiro atoms. The van der Waals surface area contributed by atoms with E-state index < -0.39 is 0 Å². The fourth-order valence-corrected chi connectivity index (χ4v) is 4.42. The third kappa shape index (κ3) is 6.29. The summed E-state index contributed by atoms with van der Waals surface area (Å²) in [5.41, 5.74) is 2.84. The molecule has 0 unspecified atom stereocenters. The predicted octanol–water partition coefficient (Wildman–Crippen LogP) is 2.75.